The molecule has 1 fully saturated rings. The summed E-state index contributed by atoms with van der Waals surface area (Å²) < 4.78 is 3.24. The summed E-state index contributed by atoms with van der Waals surface area (Å²) in [7, 11) is 3.40. The van der Waals surface area contributed by atoms with Gasteiger partial charge in [-0.2, -0.15) is 10.2 Å². The van der Waals surface area contributed by atoms with E-state index in [-0.39, 0.29) is 18.0 Å². The zero-order chi connectivity index (χ0) is 26.1. The fourth-order valence-corrected chi connectivity index (χ4v) is 4.73. The second-order valence-electron chi connectivity index (χ2n) is 9.11. The summed E-state index contributed by atoms with van der Waals surface area (Å²) in [4.78, 5) is 34.9. The lowest BCUT2D eigenvalue weighted by Gasteiger charge is -2.33. The third-order valence-electron chi connectivity index (χ3n) is 6.61. The Bertz CT molecular complexity index is 1460. The molecule has 0 aromatic carbocycles. The number of hydrogen-bond acceptors (Lipinski definition) is 7. The number of carbonyl (C=O) groups excluding carboxylic acids is 1. The topological polar surface area (TPSA) is 143 Å². The molecule has 0 radical (unpaired) electrons. The number of anilines is 2. The van der Waals surface area contributed by atoms with Crippen LogP contribution in [-0.2, 0) is 7.05 Å². The Balaban J connectivity index is 1.40. The maximum absolute atomic E-state index is 13.3. The minimum Gasteiger partial charge on any atom is -0.465 e. The maximum atomic E-state index is 13.3. The molecule has 0 bridgehead atoms. The van der Waals surface area contributed by atoms with Crippen LogP contribution in [0.5, 0.6) is 0 Å². The molecule has 0 spiro atoms. The minimum atomic E-state index is -0.936. The smallest absolute Gasteiger partial charge is 0.407 e. The molecule has 2 amide bonds. The lowest BCUT2D eigenvalue weighted by atomic mass is 9.90. The Morgan fingerprint density at radius 1 is 1.08 bits per heavy atom. The third-order valence-corrected chi connectivity index (χ3v) is 6.81. The van der Waals surface area contributed by atoms with Gasteiger partial charge in [-0.25, -0.2) is 14.3 Å². The molecule has 1 aliphatic carbocycles. The highest BCUT2D eigenvalue weighted by Crippen LogP contribution is 2.29. The van der Waals surface area contributed by atoms with Crippen LogP contribution in [0.4, 0.5) is 16.2 Å². The molecule has 12 nitrogen and oxygen atoms in total. The van der Waals surface area contributed by atoms with Crippen LogP contribution in [0.2, 0.25) is 5.02 Å². The predicted octanol–water partition coefficient (Wildman–Crippen LogP) is 3.57. The largest absolute Gasteiger partial charge is 0.465 e. The first kappa shape index (κ1) is 24.5. The maximum Gasteiger partial charge on any atom is 0.407 e. The molecule has 4 aromatic rings. The highest BCUT2D eigenvalue weighted by atomic mass is 35.5. The molecular weight excluding hydrogens is 498 g/mol. The summed E-state index contributed by atoms with van der Waals surface area (Å²) in [5.74, 6) is -0.259. The Morgan fingerprint density at radius 3 is 2.57 bits per heavy atom. The van der Waals surface area contributed by atoms with Crippen molar-refractivity contribution in [1.29, 1.82) is 0 Å². The van der Waals surface area contributed by atoms with Crippen LogP contribution in [0.25, 0.3) is 16.9 Å². The molecule has 0 atom stereocenters. The molecule has 4 heterocycles. The van der Waals surface area contributed by atoms with Gasteiger partial charge in [0.1, 0.15) is 0 Å². The quantitative estimate of drug-likeness (QED) is 0.348. The zero-order valence-electron chi connectivity index (χ0n) is 20.3. The van der Waals surface area contributed by atoms with Crippen molar-refractivity contribution in [2.45, 2.75) is 37.8 Å². The van der Waals surface area contributed by atoms with E-state index in [0.717, 1.165) is 5.69 Å². The average molecular weight is 524 g/mol. The number of nitrogens with one attached hydrogen (secondary N) is 2. The Hall–Kier alpha value is -4.19. The molecule has 13 heteroatoms. The van der Waals surface area contributed by atoms with E-state index >= 15 is 0 Å². The van der Waals surface area contributed by atoms with E-state index in [0.29, 0.717) is 58.9 Å². The Kier molecular flexibility index (Phi) is 6.66. The number of aryl methyl sites for hydroxylation is 1. The third kappa shape index (κ3) is 5.19. The molecule has 5 rings (SSSR count). The minimum absolute atomic E-state index is 0.0382. The molecule has 0 aliphatic heterocycles. The van der Waals surface area contributed by atoms with Crippen LogP contribution in [0.1, 0.15) is 36.0 Å². The van der Waals surface area contributed by atoms with Crippen LogP contribution in [0.3, 0.4) is 0 Å². The number of hydrogen-bond donors (Lipinski definition) is 3. The van der Waals surface area contributed by atoms with E-state index in [2.05, 4.69) is 30.8 Å². The molecule has 192 valence electrons. The van der Waals surface area contributed by atoms with E-state index in [1.54, 1.807) is 53.3 Å². The monoisotopic (exact) mass is 523 g/mol. The van der Waals surface area contributed by atoms with E-state index in [1.807, 2.05) is 7.05 Å². The molecule has 3 N–H and O–H groups in total. The van der Waals surface area contributed by atoms with Crippen molar-refractivity contribution in [3.05, 3.63) is 53.8 Å². The van der Waals surface area contributed by atoms with Crippen LogP contribution >= 0.6 is 11.6 Å². The first-order valence-electron chi connectivity index (χ1n) is 11.8. The second kappa shape index (κ2) is 10.1. The number of amides is 2. The number of carbonyl (C=O) groups is 2. The molecule has 4 aromatic heterocycles. The molecule has 0 unspecified atom stereocenters. The summed E-state index contributed by atoms with van der Waals surface area (Å²) in [6, 6.07) is 1.70. The number of halogens is 1. The van der Waals surface area contributed by atoms with E-state index in [4.69, 9.17) is 11.6 Å². The number of aromatic nitrogens is 6. The van der Waals surface area contributed by atoms with Gasteiger partial charge in [0.15, 0.2) is 5.65 Å². The Labute approximate surface area is 217 Å². The number of carboxylic acid groups (broad SMARTS) is 1. The number of fused-ring (bicyclic) bond motifs is 1. The van der Waals surface area contributed by atoms with Crippen molar-refractivity contribution in [3.8, 4) is 11.3 Å². The van der Waals surface area contributed by atoms with Gasteiger partial charge in [-0.1, -0.05) is 11.6 Å². The number of pyridine rings is 1. The number of nitrogens with zero attached hydrogens (tertiary/aromatic N) is 7. The van der Waals surface area contributed by atoms with Crippen molar-refractivity contribution < 1.29 is 14.7 Å². The Morgan fingerprint density at radius 2 is 1.86 bits per heavy atom. The summed E-state index contributed by atoms with van der Waals surface area (Å²) in [6.45, 7) is 0. The molecular formula is C24H26ClN9O3. The van der Waals surface area contributed by atoms with E-state index < -0.39 is 6.09 Å². The van der Waals surface area contributed by atoms with Gasteiger partial charge in [0.2, 0.25) is 0 Å². The first-order valence-corrected chi connectivity index (χ1v) is 12.2. The van der Waals surface area contributed by atoms with Crippen molar-refractivity contribution >= 4 is 40.6 Å². The standard InChI is InChI=1S/C24H26ClN9O3/c1-32-13-16(9-28-32)30-21-7-20(18-11-29-34-12-14(25)8-27-22(18)34)26-10-19(21)23(35)31-15-3-5-17(6-4-15)33(2)24(36)37/h7-13,15,17H,3-6H2,1-2H3,(H,26,30)(H,31,35)(H,36,37). The van der Waals surface area contributed by atoms with Crippen molar-refractivity contribution in [1.82, 2.24) is 39.6 Å². The fourth-order valence-electron chi connectivity index (χ4n) is 4.59. The van der Waals surface area contributed by atoms with Crippen LogP contribution in [0.15, 0.2) is 43.2 Å². The van der Waals surface area contributed by atoms with E-state index in [9.17, 15) is 14.7 Å². The molecule has 0 saturated heterocycles. The summed E-state index contributed by atoms with van der Waals surface area (Å²) in [5.41, 5.74) is 3.52. The number of rotatable bonds is 6. The van der Waals surface area contributed by atoms with Gasteiger partial charge in [0.05, 0.1) is 51.8 Å². The highest BCUT2D eigenvalue weighted by Gasteiger charge is 2.28. The van der Waals surface area contributed by atoms with Gasteiger partial charge < -0.3 is 20.6 Å². The van der Waals surface area contributed by atoms with Gasteiger partial charge in [0.25, 0.3) is 5.91 Å². The van der Waals surface area contributed by atoms with Gasteiger partial charge in [0, 0.05) is 44.8 Å². The van der Waals surface area contributed by atoms with Gasteiger partial charge in [-0.05, 0) is 31.7 Å². The lowest BCUT2D eigenvalue weighted by Crippen LogP contribution is -2.44. The fraction of sp³-hybridized carbons (Fsp3) is 0.333. The van der Waals surface area contributed by atoms with Crippen molar-refractivity contribution in [3.63, 3.8) is 0 Å². The summed E-state index contributed by atoms with van der Waals surface area (Å²) in [5, 5.41) is 24.6. The van der Waals surface area contributed by atoms with E-state index in [1.165, 1.54) is 11.1 Å². The summed E-state index contributed by atoms with van der Waals surface area (Å²) >= 11 is 6.03. The van der Waals surface area contributed by atoms with Crippen molar-refractivity contribution in [2.75, 3.05) is 12.4 Å². The molecule has 1 aliphatic rings. The lowest BCUT2D eigenvalue weighted by molar-refractivity contribution is 0.0902. The molecule has 37 heavy (non-hydrogen) atoms. The predicted molar refractivity (Wildman–Crippen MR) is 137 cm³/mol. The summed E-state index contributed by atoms with van der Waals surface area (Å²) in [6.07, 6.45) is 11.7. The zero-order valence-corrected chi connectivity index (χ0v) is 21.1. The van der Waals surface area contributed by atoms with Crippen LogP contribution in [0, 0.1) is 0 Å². The first-order chi connectivity index (χ1) is 17.8. The van der Waals surface area contributed by atoms with Gasteiger partial charge >= 0.3 is 6.09 Å². The van der Waals surface area contributed by atoms with Crippen molar-refractivity contribution in [2.24, 2.45) is 7.05 Å². The van der Waals surface area contributed by atoms with Gasteiger partial charge in [-0.3, -0.25) is 14.5 Å². The normalized spacial score (nSPS) is 17.5. The highest BCUT2D eigenvalue weighted by molar-refractivity contribution is 6.30. The average Bonchev–Trinajstić information content (AvgIpc) is 3.49. The van der Waals surface area contributed by atoms with Crippen LogP contribution in [-0.4, -0.2) is 70.5 Å². The molecule has 1 saturated carbocycles. The van der Waals surface area contributed by atoms with Crippen LogP contribution < -0.4 is 10.6 Å². The SMILES string of the molecule is CN(C(=O)O)C1CCC(NC(=O)c2cnc(-c3cnn4cc(Cl)cnc34)cc2Nc2cnn(C)c2)CC1. The van der Waals surface area contributed by atoms with Gasteiger partial charge in [-0.15, -0.1) is 0 Å². The second-order valence-corrected chi connectivity index (χ2v) is 9.55.